The van der Waals surface area contributed by atoms with Crippen LogP contribution in [-0.2, 0) is 14.3 Å². The Morgan fingerprint density at radius 2 is 1.32 bits per heavy atom. The van der Waals surface area contributed by atoms with Crippen molar-refractivity contribution in [2.45, 2.75) is 110 Å². The Morgan fingerprint density at radius 1 is 0.840 bits per heavy atom. The summed E-state index contributed by atoms with van der Waals surface area (Å²) in [6, 6.07) is 0. The van der Waals surface area contributed by atoms with E-state index in [0.29, 0.717) is 12.8 Å². The number of halogens is 1. The molecule has 25 heavy (non-hydrogen) atoms. The molecule has 0 aromatic carbocycles. The van der Waals surface area contributed by atoms with Crippen LogP contribution < -0.4 is 0 Å². The summed E-state index contributed by atoms with van der Waals surface area (Å²) in [6.07, 6.45) is 12.2. The van der Waals surface area contributed by atoms with Gasteiger partial charge in [-0.3, -0.25) is 9.59 Å². The maximum absolute atomic E-state index is 11.3. The molecule has 0 radical (unpaired) electrons. The predicted molar refractivity (Wildman–Crippen MR) is 108 cm³/mol. The molecule has 0 atom stereocenters. The predicted octanol–water partition coefficient (Wildman–Crippen LogP) is 6.50. The normalized spacial score (nSPS) is 10.8. The molecule has 0 unspecified atom stereocenters. The zero-order valence-corrected chi connectivity index (χ0v) is 18.3. The fourth-order valence-corrected chi connectivity index (χ4v) is 2.56. The quantitative estimate of drug-likeness (QED) is 0.209. The van der Waals surface area contributed by atoms with Crippen molar-refractivity contribution >= 4 is 27.9 Å². The van der Waals surface area contributed by atoms with Gasteiger partial charge in [0, 0.05) is 18.2 Å². The van der Waals surface area contributed by atoms with Gasteiger partial charge in [-0.25, -0.2) is 0 Å². The highest BCUT2D eigenvalue weighted by Gasteiger charge is 2.15. The largest absolute Gasteiger partial charge is 0.481 e. The first kappa shape index (κ1) is 26.6. The number of rotatable bonds is 13. The molecule has 0 aliphatic carbocycles. The number of carbonyl (C=O) groups is 2. The molecule has 0 bridgehead atoms. The molecule has 0 heterocycles. The van der Waals surface area contributed by atoms with Crippen LogP contribution in [0.15, 0.2) is 0 Å². The van der Waals surface area contributed by atoms with Crippen LogP contribution in [0.25, 0.3) is 0 Å². The third-order valence-corrected chi connectivity index (χ3v) is 3.99. The van der Waals surface area contributed by atoms with E-state index in [0.717, 1.165) is 31.0 Å². The van der Waals surface area contributed by atoms with Crippen molar-refractivity contribution in [3.05, 3.63) is 0 Å². The third kappa shape index (κ3) is 28.5. The van der Waals surface area contributed by atoms with Crippen LogP contribution in [0.5, 0.6) is 0 Å². The Labute approximate surface area is 163 Å². The van der Waals surface area contributed by atoms with Crippen molar-refractivity contribution in [1.82, 2.24) is 0 Å². The van der Waals surface area contributed by atoms with Gasteiger partial charge in [-0.05, 0) is 40.0 Å². The van der Waals surface area contributed by atoms with Gasteiger partial charge in [-0.2, -0.15) is 0 Å². The molecule has 4 nitrogen and oxygen atoms in total. The van der Waals surface area contributed by atoms with E-state index in [4.69, 9.17) is 9.84 Å². The molecule has 5 heteroatoms. The van der Waals surface area contributed by atoms with Crippen molar-refractivity contribution < 1.29 is 19.4 Å². The van der Waals surface area contributed by atoms with E-state index >= 15 is 0 Å². The summed E-state index contributed by atoms with van der Waals surface area (Å²) in [6.45, 7) is 7.86. The molecule has 150 valence electrons. The summed E-state index contributed by atoms with van der Waals surface area (Å²) >= 11 is 3.40. The number of esters is 1. The van der Waals surface area contributed by atoms with Crippen LogP contribution in [0.2, 0.25) is 0 Å². The molecule has 0 spiro atoms. The number of carboxylic acids is 1. The second kappa shape index (κ2) is 18.2. The average molecular weight is 423 g/mol. The second-order valence-electron chi connectivity index (χ2n) is 7.35. The topological polar surface area (TPSA) is 63.6 Å². The minimum absolute atomic E-state index is 0.0667. The van der Waals surface area contributed by atoms with Crippen molar-refractivity contribution in [1.29, 1.82) is 0 Å². The van der Waals surface area contributed by atoms with Gasteiger partial charge in [0.1, 0.15) is 5.60 Å². The Balaban J connectivity index is 0. The molecular formula is C20H39BrO4. The van der Waals surface area contributed by atoms with Crippen LogP contribution in [-0.4, -0.2) is 28.0 Å². The highest BCUT2D eigenvalue weighted by Crippen LogP contribution is 2.11. The maximum Gasteiger partial charge on any atom is 0.306 e. The number of aliphatic carboxylic acids is 1. The number of carbonyl (C=O) groups excluding carboxylic acids is 1. The van der Waals surface area contributed by atoms with Crippen LogP contribution in [0, 0.1) is 0 Å². The SMILES string of the molecule is CC(C)(C)OC(=O)CCCCCCCBr.CCCCCCCC(=O)O. The van der Waals surface area contributed by atoms with E-state index in [1.54, 1.807) is 0 Å². The summed E-state index contributed by atoms with van der Waals surface area (Å²) in [5, 5.41) is 9.35. The molecule has 1 N–H and O–H groups in total. The summed E-state index contributed by atoms with van der Waals surface area (Å²) < 4.78 is 5.22. The minimum atomic E-state index is -0.670. The molecule has 0 saturated carbocycles. The molecule has 0 aliphatic rings. The van der Waals surface area contributed by atoms with Gasteiger partial charge >= 0.3 is 11.9 Å². The molecule has 0 rings (SSSR count). The highest BCUT2D eigenvalue weighted by atomic mass is 79.9. The molecular weight excluding hydrogens is 384 g/mol. The summed E-state index contributed by atoms with van der Waals surface area (Å²) in [4.78, 5) is 21.3. The lowest BCUT2D eigenvalue weighted by Crippen LogP contribution is -2.23. The van der Waals surface area contributed by atoms with E-state index in [-0.39, 0.29) is 11.6 Å². The van der Waals surface area contributed by atoms with Crippen LogP contribution in [0.4, 0.5) is 0 Å². The number of hydrogen-bond donors (Lipinski definition) is 1. The van der Waals surface area contributed by atoms with Gasteiger partial charge in [0.25, 0.3) is 0 Å². The van der Waals surface area contributed by atoms with Crippen LogP contribution >= 0.6 is 15.9 Å². The summed E-state index contributed by atoms with van der Waals surface area (Å²) in [7, 11) is 0. The fraction of sp³-hybridized carbons (Fsp3) is 0.900. The van der Waals surface area contributed by atoms with Crippen LogP contribution in [0.1, 0.15) is 105 Å². The maximum atomic E-state index is 11.3. The van der Waals surface area contributed by atoms with Gasteiger partial charge in [-0.1, -0.05) is 67.8 Å². The lowest BCUT2D eigenvalue weighted by molar-refractivity contribution is -0.155. The van der Waals surface area contributed by atoms with Crippen molar-refractivity contribution in [3.8, 4) is 0 Å². The monoisotopic (exact) mass is 422 g/mol. The first-order valence-electron chi connectivity index (χ1n) is 9.72. The molecule has 0 aromatic heterocycles. The minimum Gasteiger partial charge on any atom is -0.481 e. The molecule has 0 fully saturated rings. The molecule has 0 aliphatic heterocycles. The molecule has 0 amide bonds. The van der Waals surface area contributed by atoms with Gasteiger partial charge in [-0.15, -0.1) is 0 Å². The Hall–Kier alpha value is -0.580. The molecule has 0 saturated heterocycles. The van der Waals surface area contributed by atoms with Gasteiger partial charge in [0.05, 0.1) is 0 Å². The Kier molecular flexibility index (Phi) is 19.4. The van der Waals surface area contributed by atoms with Gasteiger partial charge in [0.15, 0.2) is 0 Å². The third-order valence-electron chi connectivity index (χ3n) is 3.43. The number of ether oxygens (including phenoxy) is 1. The van der Waals surface area contributed by atoms with Crippen molar-refractivity contribution in [2.75, 3.05) is 5.33 Å². The van der Waals surface area contributed by atoms with Gasteiger partial charge in [0.2, 0.25) is 0 Å². The standard InChI is InChI=1S/C12H23BrO2.C8H16O2/c1-12(2,3)15-11(14)9-7-5-4-6-8-10-13;1-2-3-4-5-6-7-8(9)10/h4-10H2,1-3H3;2-7H2,1H3,(H,9,10). The Bertz CT molecular complexity index is 324. The van der Waals surface area contributed by atoms with Crippen molar-refractivity contribution in [3.63, 3.8) is 0 Å². The van der Waals surface area contributed by atoms with E-state index in [1.807, 2.05) is 20.8 Å². The van der Waals surface area contributed by atoms with E-state index in [9.17, 15) is 9.59 Å². The zero-order valence-electron chi connectivity index (χ0n) is 16.7. The number of hydrogen-bond acceptors (Lipinski definition) is 3. The van der Waals surface area contributed by atoms with Crippen molar-refractivity contribution in [2.24, 2.45) is 0 Å². The second-order valence-corrected chi connectivity index (χ2v) is 8.14. The van der Waals surface area contributed by atoms with E-state index < -0.39 is 5.97 Å². The first-order chi connectivity index (χ1) is 11.7. The van der Waals surface area contributed by atoms with Crippen LogP contribution in [0.3, 0.4) is 0 Å². The fourth-order valence-electron chi connectivity index (χ4n) is 2.17. The summed E-state index contributed by atoms with van der Waals surface area (Å²) in [5.74, 6) is -0.737. The zero-order chi connectivity index (χ0) is 19.6. The number of carboxylic acid groups (broad SMARTS) is 1. The lowest BCUT2D eigenvalue weighted by Gasteiger charge is -2.19. The number of unbranched alkanes of at least 4 members (excludes halogenated alkanes) is 8. The van der Waals surface area contributed by atoms with E-state index in [1.165, 1.54) is 38.5 Å². The smallest absolute Gasteiger partial charge is 0.306 e. The number of alkyl halides is 1. The van der Waals surface area contributed by atoms with Gasteiger partial charge < -0.3 is 9.84 Å². The Morgan fingerprint density at radius 3 is 1.80 bits per heavy atom. The summed E-state index contributed by atoms with van der Waals surface area (Å²) in [5.41, 5.74) is -0.340. The van der Waals surface area contributed by atoms with E-state index in [2.05, 4.69) is 22.9 Å². The average Bonchev–Trinajstić information content (AvgIpc) is 2.49. The molecule has 0 aromatic rings. The lowest BCUT2D eigenvalue weighted by atomic mass is 10.1. The highest BCUT2D eigenvalue weighted by molar-refractivity contribution is 9.09. The first-order valence-corrected chi connectivity index (χ1v) is 10.8.